The molecule has 0 heterocycles. The van der Waals surface area contributed by atoms with E-state index in [1.807, 2.05) is 6.92 Å². The lowest BCUT2D eigenvalue weighted by atomic mass is 9.69. The molecule has 0 aromatic heterocycles. The van der Waals surface area contributed by atoms with Crippen molar-refractivity contribution in [2.45, 2.75) is 45.6 Å². The first-order valence-corrected chi connectivity index (χ1v) is 7.69. The van der Waals surface area contributed by atoms with Crippen molar-refractivity contribution in [1.82, 2.24) is 0 Å². The lowest BCUT2D eigenvalue weighted by Gasteiger charge is -2.43. The van der Waals surface area contributed by atoms with Gasteiger partial charge >= 0.3 is 5.97 Å². The number of hydrogen-bond acceptors (Lipinski definition) is 3. The molecule has 1 N–H and O–H groups in total. The van der Waals surface area contributed by atoms with Gasteiger partial charge in [0, 0.05) is 5.69 Å². The Morgan fingerprint density at radius 1 is 1.38 bits per heavy atom. The summed E-state index contributed by atoms with van der Waals surface area (Å²) >= 11 is 0. The van der Waals surface area contributed by atoms with Crippen LogP contribution in [0.1, 0.15) is 40.0 Å². The molecular weight excluding hydrogens is 269 g/mol. The molecule has 3 nitrogen and oxygen atoms in total. The summed E-state index contributed by atoms with van der Waals surface area (Å²) in [5.41, 5.74) is 0.0474. The number of carbonyl (C=O) groups is 1. The lowest BCUT2D eigenvalue weighted by Crippen LogP contribution is -2.55. The average molecular weight is 293 g/mol. The Kier molecular flexibility index (Phi) is 4.86. The molecule has 116 valence electrons. The Morgan fingerprint density at radius 2 is 2.05 bits per heavy atom. The van der Waals surface area contributed by atoms with Gasteiger partial charge in [0.2, 0.25) is 0 Å². The van der Waals surface area contributed by atoms with Gasteiger partial charge in [0.1, 0.15) is 11.4 Å². The van der Waals surface area contributed by atoms with E-state index >= 15 is 0 Å². The Morgan fingerprint density at radius 3 is 2.62 bits per heavy atom. The van der Waals surface area contributed by atoms with Crippen molar-refractivity contribution in [3.05, 3.63) is 30.1 Å². The van der Waals surface area contributed by atoms with E-state index in [9.17, 15) is 9.18 Å². The van der Waals surface area contributed by atoms with Crippen molar-refractivity contribution in [1.29, 1.82) is 0 Å². The topological polar surface area (TPSA) is 38.3 Å². The van der Waals surface area contributed by atoms with Gasteiger partial charge in [0.15, 0.2) is 0 Å². The van der Waals surface area contributed by atoms with E-state index in [-0.39, 0.29) is 17.7 Å². The van der Waals surface area contributed by atoms with Gasteiger partial charge in [0.25, 0.3) is 0 Å². The second-order valence-corrected chi connectivity index (χ2v) is 6.10. The predicted molar refractivity (Wildman–Crippen MR) is 81.6 cm³/mol. The summed E-state index contributed by atoms with van der Waals surface area (Å²) in [5.74, 6) is 0.299. The predicted octanol–water partition coefficient (Wildman–Crippen LogP) is 4.00. The number of rotatable bonds is 4. The highest BCUT2D eigenvalue weighted by Crippen LogP contribution is 2.40. The average Bonchev–Trinajstić information content (AvgIpc) is 2.45. The van der Waals surface area contributed by atoms with E-state index in [0.29, 0.717) is 12.5 Å². The maximum atomic E-state index is 13.0. The van der Waals surface area contributed by atoms with E-state index < -0.39 is 5.54 Å². The first kappa shape index (κ1) is 15.8. The largest absolute Gasteiger partial charge is 0.464 e. The van der Waals surface area contributed by atoms with Gasteiger partial charge in [-0.3, -0.25) is 0 Å². The summed E-state index contributed by atoms with van der Waals surface area (Å²) in [6, 6.07) is 6.14. The van der Waals surface area contributed by atoms with Crippen LogP contribution in [0, 0.1) is 17.7 Å². The van der Waals surface area contributed by atoms with Crippen LogP contribution in [0.15, 0.2) is 24.3 Å². The lowest BCUT2D eigenvalue weighted by molar-refractivity contribution is -0.152. The molecule has 3 atom stereocenters. The molecule has 2 rings (SSSR count). The fourth-order valence-electron chi connectivity index (χ4n) is 3.23. The fourth-order valence-corrected chi connectivity index (χ4v) is 3.23. The van der Waals surface area contributed by atoms with Crippen molar-refractivity contribution >= 4 is 11.7 Å². The monoisotopic (exact) mass is 293 g/mol. The number of carbonyl (C=O) groups excluding carboxylic acids is 1. The molecule has 0 aliphatic heterocycles. The van der Waals surface area contributed by atoms with Crippen molar-refractivity contribution < 1.29 is 13.9 Å². The Balaban J connectivity index is 2.27. The second-order valence-electron chi connectivity index (χ2n) is 6.10. The van der Waals surface area contributed by atoms with Crippen LogP contribution in [0.3, 0.4) is 0 Å². The highest BCUT2D eigenvalue weighted by Gasteiger charge is 2.47. The molecule has 1 aliphatic carbocycles. The minimum absolute atomic E-state index is 0.172. The van der Waals surface area contributed by atoms with E-state index in [1.165, 1.54) is 12.1 Å². The molecule has 0 radical (unpaired) electrons. The summed E-state index contributed by atoms with van der Waals surface area (Å²) in [4.78, 5) is 12.5. The molecule has 0 bridgehead atoms. The van der Waals surface area contributed by atoms with Crippen LogP contribution >= 0.6 is 0 Å². The number of ether oxygens (including phenoxy) is 1. The number of esters is 1. The van der Waals surface area contributed by atoms with Crippen LogP contribution in [0.4, 0.5) is 10.1 Å². The zero-order chi connectivity index (χ0) is 15.5. The summed E-state index contributed by atoms with van der Waals surface area (Å²) in [5, 5.41) is 3.34. The molecular formula is C17H24FNO2. The molecule has 0 saturated heterocycles. The molecule has 4 heteroatoms. The maximum Gasteiger partial charge on any atom is 0.332 e. The zero-order valence-electron chi connectivity index (χ0n) is 13.0. The number of halogens is 1. The highest BCUT2D eigenvalue weighted by molar-refractivity contribution is 5.85. The molecule has 1 fully saturated rings. The summed E-state index contributed by atoms with van der Waals surface area (Å²) in [6.07, 6.45) is 2.70. The minimum Gasteiger partial charge on any atom is -0.464 e. The van der Waals surface area contributed by atoms with Crippen molar-refractivity contribution in [3.8, 4) is 0 Å². The van der Waals surface area contributed by atoms with Gasteiger partial charge in [-0.25, -0.2) is 9.18 Å². The molecule has 1 aromatic carbocycles. The van der Waals surface area contributed by atoms with E-state index in [2.05, 4.69) is 19.2 Å². The van der Waals surface area contributed by atoms with Crippen LogP contribution in [0.2, 0.25) is 0 Å². The van der Waals surface area contributed by atoms with Crippen molar-refractivity contribution in [2.75, 3.05) is 11.9 Å². The van der Waals surface area contributed by atoms with Crippen LogP contribution in [-0.4, -0.2) is 18.1 Å². The Hall–Kier alpha value is -1.58. The van der Waals surface area contributed by atoms with E-state index in [4.69, 9.17) is 4.74 Å². The van der Waals surface area contributed by atoms with Crippen LogP contribution in [0.25, 0.3) is 0 Å². The van der Waals surface area contributed by atoms with Crippen molar-refractivity contribution in [2.24, 2.45) is 11.8 Å². The van der Waals surface area contributed by atoms with Gasteiger partial charge in [-0.05, 0) is 62.3 Å². The molecule has 1 aliphatic rings. The smallest absolute Gasteiger partial charge is 0.332 e. The number of benzene rings is 1. The molecule has 1 saturated carbocycles. The number of hydrogen-bond donors (Lipinski definition) is 1. The number of nitrogens with one attached hydrogen (secondary N) is 1. The van der Waals surface area contributed by atoms with Crippen LogP contribution in [-0.2, 0) is 9.53 Å². The highest BCUT2D eigenvalue weighted by atomic mass is 19.1. The Bertz CT molecular complexity index is 488. The molecule has 1 aromatic rings. The third-order valence-corrected chi connectivity index (χ3v) is 4.48. The first-order valence-electron chi connectivity index (χ1n) is 7.69. The third kappa shape index (κ3) is 3.36. The fraction of sp³-hybridized carbons (Fsp3) is 0.588. The molecule has 0 spiro atoms. The summed E-state index contributed by atoms with van der Waals surface area (Å²) < 4.78 is 18.4. The standard InChI is InChI=1S/C17H24FNO2/c1-4-21-16(20)17(10-9-12(2)11-13(17)3)19-15-7-5-14(18)6-8-15/h5-8,12-13,19H,4,9-11H2,1-3H3. The maximum absolute atomic E-state index is 13.0. The van der Waals surface area contributed by atoms with E-state index in [1.54, 1.807) is 12.1 Å². The quantitative estimate of drug-likeness (QED) is 0.853. The van der Waals surface area contributed by atoms with Crippen molar-refractivity contribution in [3.63, 3.8) is 0 Å². The van der Waals surface area contributed by atoms with Gasteiger partial charge in [0.05, 0.1) is 6.61 Å². The summed E-state index contributed by atoms with van der Waals surface area (Å²) in [7, 11) is 0. The SMILES string of the molecule is CCOC(=O)C1(Nc2ccc(F)cc2)CCC(C)CC1C. The minimum atomic E-state index is -0.708. The van der Waals surface area contributed by atoms with Gasteiger partial charge in [-0.1, -0.05) is 13.8 Å². The zero-order valence-corrected chi connectivity index (χ0v) is 13.0. The van der Waals surface area contributed by atoms with Crippen LogP contribution < -0.4 is 5.32 Å². The third-order valence-electron chi connectivity index (χ3n) is 4.48. The number of anilines is 1. The molecule has 21 heavy (non-hydrogen) atoms. The van der Waals surface area contributed by atoms with Gasteiger partial charge in [-0.15, -0.1) is 0 Å². The summed E-state index contributed by atoms with van der Waals surface area (Å²) in [6.45, 7) is 6.49. The molecule has 0 amide bonds. The van der Waals surface area contributed by atoms with Gasteiger partial charge < -0.3 is 10.1 Å². The van der Waals surface area contributed by atoms with Gasteiger partial charge in [-0.2, -0.15) is 0 Å². The van der Waals surface area contributed by atoms with E-state index in [0.717, 1.165) is 24.9 Å². The first-order chi connectivity index (χ1) is 9.98. The second kappa shape index (κ2) is 6.46. The molecule has 3 unspecified atom stereocenters. The van der Waals surface area contributed by atoms with Crippen LogP contribution in [0.5, 0.6) is 0 Å². The normalized spacial score (nSPS) is 29.0. The Labute approximate surface area is 125 Å².